The molecule has 0 aliphatic rings. The molecule has 0 radical (unpaired) electrons. The molecule has 0 aliphatic carbocycles. The zero-order valence-corrected chi connectivity index (χ0v) is 12.1. The van der Waals surface area contributed by atoms with Crippen LogP contribution in [0.4, 0.5) is 5.82 Å². The Morgan fingerprint density at radius 1 is 1.33 bits per heavy atom. The number of carbonyl (C=O) groups excluding carboxylic acids is 1. The molecule has 2 aromatic rings. The number of amides is 1. The third-order valence-corrected chi connectivity index (χ3v) is 4.41. The average molecular weight is 311 g/mol. The Bertz CT molecular complexity index is 753. The standard InChI is InChI=1S/C12H17N5O3S/c13-9(18)5-1-3-7-15-21(19,20)12-11(14)16-10-6-2-4-8-17(10)12/h2,4,6,8,15H,1,3,5,7,14H2,(H2,13,18). The molecule has 0 atom stereocenters. The zero-order chi connectivity index (χ0) is 15.5. The Morgan fingerprint density at radius 2 is 2.10 bits per heavy atom. The highest BCUT2D eigenvalue weighted by Crippen LogP contribution is 2.19. The SMILES string of the molecule is NC(=O)CCCCNS(=O)(=O)c1c(N)nc2ccccn12. The maximum Gasteiger partial charge on any atom is 0.260 e. The highest BCUT2D eigenvalue weighted by atomic mass is 32.2. The number of unbranched alkanes of at least 4 members (excludes halogenated alkanes) is 1. The van der Waals surface area contributed by atoms with Crippen LogP contribution in [-0.2, 0) is 14.8 Å². The first kappa shape index (κ1) is 15.3. The summed E-state index contributed by atoms with van der Waals surface area (Å²) in [7, 11) is -3.77. The molecule has 5 N–H and O–H groups in total. The topological polar surface area (TPSA) is 133 Å². The second-order valence-corrected chi connectivity index (χ2v) is 6.23. The lowest BCUT2D eigenvalue weighted by atomic mass is 10.2. The van der Waals surface area contributed by atoms with Gasteiger partial charge in [-0.1, -0.05) is 6.07 Å². The summed E-state index contributed by atoms with van der Waals surface area (Å²) in [5, 5.41) is -0.0759. The van der Waals surface area contributed by atoms with E-state index in [1.165, 1.54) is 4.40 Å². The fourth-order valence-corrected chi connectivity index (χ4v) is 3.24. The number of nitrogens with zero attached hydrogens (tertiary/aromatic N) is 2. The third-order valence-electron chi connectivity index (χ3n) is 2.91. The second-order valence-electron chi connectivity index (χ2n) is 4.55. The minimum Gasteiger partial charge on any atom is -0.381 e. The Labute approximate surface area is 122 Å². The summed E-state index contributed by atoms with van der Waals surface area (Å²) in [6.45, 7) is 0.203. The minimum absolute atomic E-state index is 0.0502. The summed E-state index contributed by atoms with van der Waals surface area (Å²) >= 11 is 0. The van der Waals surface area contributed by atoms with Gasteiger partial charge >= 0.3 is 0 Å². The second kappa shape index (κ2) is 6.10. The number of nitrogen functional groups attached to an aromatic ring is 1. The molecule has 0 unspecified atom stereocenters. The first-order valence-electron chi connectivity index (χ1n) is 6.42. The number of hydrogen-bond acceptors (Lipinski definition) is 5. The molecule has 114 valence electrons. The van der Waals surface area contributed by atoms with Gasteiger partial charge in [0.15, 0.2) is 10.8 Å². The van der Waals surface area contributed by atoms with Crippen molar-refractivity contribution in [3.05, 3.63) is 24.4 Å². The Balaban J connectivity index is 2.11. The number of rotatable bonds is 7. The maximum atomic E-state index is 12.3. The largest absolute Gasteiger partial charge is 0.381 e. The van der Waals surface area contributed by atoms with Crippen LogP contribution in [0.25, 0.3) is 5.65 Å². The van der Waals surface area contributed by atoms with Crippen LogP contribution < -0.4 is 16.2 Å². The molecular formula is C12H17N5O3S. The Hall–Kier alpha value is -2.13. The molecule has 0 saturated heterocycles. The Kier molecular flexibility index (Phi) is 4.43. The molecule has 9 heteroatoms. The van der Waals surface area contributed by atoms with E-state index in [1.54, 1.807) is 24.4 Å². The monoisotopic (exact) mass is 311 g/mol. The zero-order valence-electron chi connectivity index (χ0n) is 11.3. The summed E-state index contributed by atoms with van der Waals surface area (Å²) < 4.78 is 28.4. The fraction of sp³-hybridized carbons (Fsp3) is 0.333. The van der Waals surface area contributed by atoms with E-state index in [2.05, 4.69) is 9.71 Å². The van der Waals surface area contributed by atoms with E-state index in [0.29, 0.717) is 18.5 Å². The molecule has 21 heavy (non-hydrogen) atoms. The van der Waals surface area contributed by atoms with E-state index in [-0.39, 0.29) is 23.8 Å². The quantitative estimate of drug-likeness (QED) is 0.612. The summed E-state index contributed by atoms with van der Waals surface area (Å²) in [4.78, 5) is 14.6. The smallest absolute Gasteiger partial charge is 0.260 e. The molecular weight excluding hydrogens is 294 g/mol. The van der Waals surface area contributed by atoms with Crippen molar-refractivity contribution in [1.82, 2.24) is 14.1 Å². The van der Waals surface area contributed by atoms with Crippen molar-refractivity contribution in [2.45, 2.75) is 24.3 Å². The molecule has 0 fully saturated rings. The van der Waals surface area contributed by atoms with Gasteiger partial charge in [-0.2, -0.15) is 0 Å². The van der Waals surface area contributed by atoms with Gasteiger partial charge in [0, 0.05) is 19.2 Å². The van der Waals surface area contributed by atoms with E-state index >= 15 is 0 Å². The highest BCUT2D eigenvalue weighted by Gasteiger charge is 2.23. The summed E-state index contributed by atoms with van der Waals surface area (Å²) in [5.74, 6) is -0.449. The first-order chi connectivity index (χ1) is 9.92. The van der Waals surface area contributed by atoms with Crippen molar-refractivity contribution in [1.29, 1.82) is 0 Å². The van der Waals surface area contributed by atoms with Crippen molar-refractivity contribution >= 4 is 27.4 Å². The van der Waals surface area contributed by atoms with Crippen molar-refractivity contribution in [2.75, 3.05) is 12.3 Å². The number of hydrogen-bond donors (Lipinski definition) is 3. The molecule has 0 saturated carbocycles. The molecule has 0 aliphatic heterocycles. The van der Waals surface area contributed by atoms with Gasteiger partial charge in [-0.15, -0.1) is 0 Å². The number of fused-ring (bicyclic) bond motifs is 1. The van der Waals surface area contributed by atoms with Crippen molar-refractivity contribution in [2.24, 2.45) is 5.73 Å². The number of aromatic nitrogens is 2. The van der Waals surface area contributed by atoms with E-state index in [4.69, 9.17) is 11.5 Å². The van der Waals surface area contributed by atoms with Crippen molar-refractivity contribution in [3.8, 4) is 0 Å². The number of primary amides is 1. The van der Waals surface area contributed by atoms with Gasteiger partial charge in [-0.05, 0) is 25.0 Å². The lowest BCUT2D eigenvalue weighted by Crippen LogP contribution is -2.27. The number of carbonyl (C=O) groups is 1. The van der Waals surface area contributed by atoms with Gasteiger partial charge in [0.05, 0.1) is 0 Å². The summed E-state index contributed by atoms with van der Waals surface area (Å²) in [6.07, 6.45) is 2.86. The fourth-order valence-electron chi connectivity index (χ4n) is 1.96. The van der Waals surface area contributed by atoms with E-state index in [1.807, 2.05) is 0 Å². The molecule has 0 aromatic carbocycles. The van der Waals surface area contributed by atoms with E-state index in [0.717, 1.165) is 0 Å². The van der Waals surface area contributed by atoms with Crippen LogP contribution in [0, 0.1) is 0 Å². The van der Waals surface area contributed by atoms with Gasteiger partial charge in [-0.3, -0.25) is 9.20 Å². The first-order valence-corrected chi connectivity index (χ1v) is 7.90. The molecule has 2 aromatic heterocycles. The maximum absolute atomic E-state index is 12.3. The van der Waals surface area contributed by atoms with Gasteiger partial charge in [0.2, 0.25) is 5.91 Å². The van der Waals surface area contributed by atoms with Crippen LogP contribution in [0.5, 0.6) is 0 Å². The molecule has 8 nitrogen and oxygen atoms in total. The molecule has 0 spiro atoms. The van der Waals surface area contributed by atoms with Crippen LogP contribution in [0.3, 0.4) is 0 Å². The van der Waals surface area contributed by atoms with Gasteiger partial charge in [-0.25, -0.2) is 18.1 Å². The number of sulfonamides is 1. The minimum atomic E-state index is -3.77. The lowest BCUT2D eigenvalue weighted by molar-refractivity contribution is -0.118. The van der Waals surface area contributed by atoms with Gasteiger partial charge in [0.1, 0.15) is 5.65 Å². The van der Waals surface area contributed by atoms with Gasteiger partial charge in [0.25, 0.3) is 10.0 Å². The van der Waals surface area contributed by atoms with Crippen LogP contribution in [-0.4, -0.2) is 30.3 Å². The molecule has 0 bridgehead atoms. The number of nitrogens with one attached hydrogen (secondary N) is 1. The third kappa shape index (κ3) is 3.50. The van der Waals surface area contributed by atoms with Crippen molar-refractivity contribution in [3.63, 3.8) is 0 Å². The highest BCUT2D eigenvalue weighted by molar-refractivity contribution is 7.89. The summed E-state index contributed by atoms with van der Waals surface area (Å²) in [5.41, 5.74) is 11.2. The number of imidazole rings is 1. The molecule has 2 rings (SSSR count). The van der Waals surface area contributed by atoms with Gasteiger partial charge < -0.3 is 11.5 Å². The van der Waals surface area contributed by atoms with E-state index < -0.39 is 15.9 Å². The number of anilines is 1. The predicted molar refractivity (Wildman–Crippen MR) is 77.8 cm³/mol. The lowest BCUT2D eigenvalue weighted by Gasteiger charge is -2.06. The van der Waals surface area contributed by atoms with E-state index in [9.17, 15) is 13.2 Å². The number of nitrogens with two attached hydrogens (primary N) is 2. The predicted octanol–water partition coefficient (Wildman–Crippen LogP) is -0.150. The normalized spacial score (nSPS) is 11.8. The van der Waals surface area contributed by atoms with Crippen LogP contribution in [0.1, 0.15) is 19.3 Å². The molecule has 1 amide bonds. The Morgan fingerprint density at radius 3 is 2.81 bits per heavy atom. The van der Waals surface area contributed by atoms with Crippen LogP contribution in [0.15, 0.2) is 29.4 Å². The number of pyridine rings is 1. The van der Waals surface area contributed by atoms with Crippen LogP contribution >= 0.6 is 0 Å². The average Bonchev–Trinajstić information content (AvgIpc) is 2.74. The summed E-state index contributed by atoms with van der Waals surface area (Å²) in [6, 6.07) is 5.11. The molecule has 2 heterocycles. The van der Waals surface area contributed by atoms with Crippen LogP contribution in [0.2, 0.25) is 0 Å². The van der Waals surface area contributed by atoms with Crippen molar-refractivity contribution < 1.29 is 13.2 Å².